The Morgan fingerprint density at radius 2 is 2.11 bits per heavy atom. The van der Waals surface area contributed by atoms with Crippen molar-refractivity contribution >= 4 is 5.69 Å². The minimum Gasteiger partial charge on any atom is -0.368 e. The van der Waals surface area contributed by atoms with E-state index >= 15 is 0 Å². The summed E-state index contributed by atoms with van der Waals surface area (Å²) in [5, 5.41) is 3.43. The lowest BCUT2D eigenvalue weighted by Crippen LogP contribution is -2.58. The normalized spacial score (nSPS) is 24.6. The highest BCUT2D eigenvalue weighted by Crippen LogP contribution is 2.32. The summed E-state index contributed by atoms with van der Waals surface area (Å²) in [7, 11) is 0. The van der Waals surface area contributed by atoms with E-state index in [0.29, 0.717) is 5.69 Å². The van der Waals surface area contributed by atoms with Crippen molar-refractivity contribution < 1.29 is 13.2 Å². The molecule has 1 atom stereocenters. The average molecular weight is 272 g/mol. The highest BCUT2D eigenvalue weighted by Gasteiger charge is 2.32. The third-order valence-corrected chi connectivity index (χ3v) is 3.79. The van der Waals surface area contributed by atoms with Crippen LogP contribution in [0.5, 0.6) is 0 Å². The first-order valence-corrected chi connectivity index (χ1v) is 6.51. The second-order valence-corrected chi connectivity index (χ2v) is 5.31. The molecule has 1 heterocycles. The van der Waals surface area contributed by atoms with E-state index in [9.17, 15) is 13.2 Å². The summed E-state index contributed by atoms with van der Waals surface area (Å²) in [4.78, 5) is 2.02. The summed E-state index contributed by atoms with van der Waals surface area (Å²) in [6.07, 6.45) is -3.33. The summed E-state index contributed by atoms with van der Waals surface area (Å²) in [5.74, 6) is 0. The number of piperazine rings is 1. The van der Waals surface area contributed by atoms with Gasteiger partial charge < -0.3 is 10.2 Å². The van der Waals surface area contributed by atoms with Crippen LogP contribution in [0.3, 0.4) is 0 Å². The standard InChI is InChI=1S/C14H19F3N2/c1-3-13(2)10-19(8-7-18-13)12-6-4-5-11(9-12)14(15,16)17/h4-6,9,18H,3,7-8,10H2,1-2H3. The van der Waals surface area contributed by atoms with Crippen molar-refractivity contribution in [3.8, 4) is 0 Å². The number of benzene rings is 1. The summed E-state index contributed by atoms with van der Waals surface area (Å²) in [6, 6.07) is 5.58. The zero-order valence-corrected chi connectivity index (χ0v) is 11.2. The number of halogens is 3. The fourth-order valence-corrected chi connectivity index (χ4v) is 2.38. The second kappa shape index (κ2) is 5.04. The molecule has 19 heavy (non-hydrogen) atoms. The molecule has 0 saturated carbocycles. The van der Waals surface area contributed by atoms with Crippen LogP contribution >= 0.6 is 0 Å². The average Bonchev–Trinajstić information content (AvgIpc) is 2.38. The molecule has 2 nitrogen and oxygen atoms in total. The largest absolute Gasteiger partial charge is 0.416 e. The number of anilines is 1. The van der Waals surface area contributed by atoms with E-state index in [-0.39, 0.29) is 5.54 Å². The molecule has 2 rings (SSSR count). The van der Waals surface area contributed by atoms with Crippen molar-refractivity contribution in [1.82, 2.24) is 5.32 Å². The van der Waals surface area contributed by atoms with Crippen LogP contribution < -0.4 is 10.2 Å². The maximum atomic E-state index is 12.7. The van der Waals surface area contributed by atoms with Crippen LogP contribution in [0.1, 0.15) is 25.8 Å². The van der Waals surface area contributed by atoms with Crippen LogP contribution in [0, 0.1) is 0 Å². The first-order chi connectivity index (χ1) is 8.84. The molecule has 1 aliphatic heterocycles. The molecule has 1 aromatic rings. The number of alkyl halides is 3. The van der Waals surface area contributed by atoms with E-state index in [1.165, 1.54) is 12.1 Å². The van der Waals surface area contributed by atoms with Gasteiger partial charge in [-0.05, 0) is 31.5 Å². The van der Waals surface area contributed by atoms with Crippen molar-refractivity contribution in [2.45, 2.75) is 32.0 Å². The van der Waals surface area contributed by atoms with Gasteiger partial charge in [-0.25, -0.2) is 0 Å². The van der Waals surface area contributed by atoms with Crippen molar-refractivity contribution in [3.05, 3.63) is 29.8 Å². The third-order valence-electron chi connectivity index (χ3n) is 3.79. The molecule has 5 heteroatoms. The van der Waals surface area contributed by atoms with Crippen LogP contribution in [0.4, 0.5) is 18.9 Å². The van der Waals surface area contributed by atoms with Crippen molar-refractivity contribution in [2.75, 3.05) is 24.5 Å². The van der Waals surface area contributed by atoms with E-state index in [1.807, 2.05) is 4.90 Å². The molecule has 0 aromatic heterocycles. The molecule has 1 fully saturated rings. The summed E-state index contributed by atoms with van der Waals surface area (Å²) < 4.78 is 38.2. The number of hydrogen-bond acceptors (Lipinski definition) is 2. The predicted octanol–water partition coefficient (Wildman–Crippen LogP) is 3.28. The van der Waals surface area contributed by atoms with E-state index < -0.39 is 11.7 Å². The molecule has 1 saturated heterocycles. The Balaban J connectivity index is 2.22. The third kappa shape index (κ3) is 3.21. The Bertz CT molecular complexity index is 445. The first kappa shape index (κ1) is 14.2. The van der Waals surface area contributed by atoms with Crippen molar-refractivity contribution in [1.29, 1.82) is 0 Å². The minimum atomic E-state index is -4.28. The van der Waals surface area contributed by atoms with Crippen LogP contribution in [0.2, 0.25) is 0 Å². The van der Waals surface area contributed by atoms with Crippen LogP contribution in [-0.2, 0) is 6.18 Å². The van der Waals surface area contributed by atoms with Crippen molar-refractivity contribution in [3.63, 3.8) is 0 Å². The highest BCUT2D eigenvalue weighted by molar-refractivity contribution is 5.50. The van der Waals surface area contributed by atoms with Crippen molar-refractivity contribution in [2.24, 2.45) is 0 Å². The van der Waals surface area contributed by atoms with Gasteiger partial charge in [0.05, 0.1) is 5.56 Å². The Morgan fingerprint density at radius 3 is 2.74 bits per heavy atom. The SMILES string of the molecule is CCC1(C)CN(c2cccc(C(F)(F)F)c2)CCN1. The summed E-state index contributed by atoms with van der Waals surface area (Å²) >= 11 is 0. The predicted molar refractivity (Wildman–Crippen MR) is 70.4 cm³/mol. The van der Waals surface area contributed by atoms with Gasteiger partial charge in [0.1, 0.15) is 0 Å². The topological polar surface area (TPSA) is 15.3 Å². The summed E-state index contributed by atoms with van der Waals surface area (Å²) in [6.45, 7) is 6.44. The van der Waals surface area contributed by atoms with Gasteiger partial charge in [0, 0.05) is 30.9 Å². The maximum absolute atomic E-state index is 12.7. The van der Waals surface area contributed by atoms with Gasteiger partial charge in [0.15, 0.2) is 0 Å². The molecular weight excluding hydrogens is 253 g/mol. The van der Waals surface area contributed by atoms with Crippen LogP contribution in [-0.4, -0.2) is 25.2 Å². The van der Waals surface area contributed by atoms with Gasteiger partial charge in [-0.2, -0.15) is 13.2 Å². The lowest BCUT2D eigenvalue weighted by atomic mass is 9.95. The molecule has 1 aliphatic rings. The Morgan fingerprint density at radius 1 is 1.37 bits per heavy atom. The Labute approximate surface area is 111 Å². The van der Waals surface area contributed by atoms with Crippen LogP contribution in [0.15, 0.2) is 24.3 Å². The minimum absolute atomic E-state index is 0.0352. The summed E-state index contributed by atoms with van der Waals surface area (Å²) in [5.41, 5.74) is 0.0321. The van der Waals surface area contributed by atoms with Gasteiger partial charge in [-0.15, -0.1) is 0 Å². The molecule has 0 amide bonds. The highest BCUT2D eigenvalue weighted by atomic mass is 19.4. The lowest BCUT2D eigenvalue weighted by Gasteiger charge is -2.42. The molecular formula is C14H19F3N2. The molecule has 0 bridgehead atoms. The Hall–Kier alpha value is -1.23. The zero-order chi connectivity index (χ0) is 14.1. The van der Waals surface area contributed by atoms with E-state index in [2.05, 4.69) is 19.2 Å². The number of hydrogen-bond donors (Lipinski definition) is 1. The maximum Gasteiger partial charge on any atom is 0.416 e. The molecule has 0 radical (unpaired) electrons. The molecule has 0 aliphatic carbocycles. The van der Waals surface area contributed by atoms with Gasteiger partial charge in [-0.3, -0.25) is 0 Å². The van der Waals surface area contributed by atoms with Gasteiger partial charge >= 0.3 is 6.18 Å². The zero-order valence-electron chi connectivity index (χ0n) is 11.2. The monoisotopic (exact) mass is 272 g/mol. The van der Waals surface area contributed by atoms with E-state index in [0.717, 1.165) is 32.1 Å². The second-order valence-electron chi connectivity index (χ2n) is 5.31. The fraction of sp³-hybridized carbons (Fsp3) is 0.571. The quantitative estimate of drug-likeness (QED) is 0.888. The lowest BCUT2D eigenvalue weighted by molar-refractivity contribution is -0.137. The van der Waals surface area contributed by atoms with Gasteiger partial charge in [0.25, 0.3) is 0 Å². The molecule has 0 spiro atoms. The number of nitrogens with one attached hydrogen (secondary N) is 1. The smallest absolute Gasteiger partial charge is 0.368 e. The van der Waals surface area contributed by atoms with E-state index in [4.69, 9.17) is 0 Å². The molecule has 106 valence electrons. The number of rotatable bonds is 2. The number of nitrogens with zero attached hydrogens (tertiary/aromatic N) is 1. The molecule has 1 N–H and O–H groups in total. The first-order valence-electron chi connectivity index (χ1n) is 6.51. The Kier molecular flexibility index (Phi) is 3.76. The fourth-order valence-electron chi connectivity index (χ4n) is 2.38. The molecule has 1 unspecified atom stereocenters. The van der Waals surface area contributed by atoms with Gasteiger partial charge in [0.2, 0.25) is 0 Å². The van der Waals surface area contributed by atoms with Crippen LogP contribution in [0.25, 0.3) is 0 Å². The van der Waals surface area contributed by atoms with E-state index in [1.54, 1.807) is 6.07 Å². The molecule has 1 aromatic carbocycles. The van der Waals surface area contributed by atoms with Gasteiger partial charge in [-0.1, -0.05) is 13.0 Å².